The number of hydrogen-bond acceptors (Lipinski definition) is 5. The number of pyridine rings is 1. The summed E-state index contributed by atoms with van der Waals surface area (Å²) in [5.74, 6) is -1.56. The summed E-state index contributed by atoms with van der Waals surface area (Å²) >= 11 is 6.13. The van der Waals surface area contributed by atoms with E-state index in [0.717, 1.165) is 5.56 Å². The van der Waals surface area contributed by atoms with E-state index in [9.17, 15) is 14.7 Å². The molecule has 1 aromatic heterocycles. The van der Waals surface area contributed by atoms with Crippen molar-refractivity contribution in [3.05, 3.63) is 94.3 Å². The molecule has 1 atom stereocenters. The Balaban J connectivity index is 2.00. The summed E-state index contributed by atoms with van der Waals surface area (Å²) < 4.78 is 5.34. The first-order chi connectivity index (χ1) is 14.9. The third kappa shape index (κ3) is 3.55. The zero-order valence-electron chi connectivity index (χ0n) is 16.9. The maximum absolute atomic E-state index is 13.2. The number of aryl methyl sites for hydroxylation is 1. The predicted octanol–water partition coefficient (Wildman–Crippen LogP) is 4.68. The van der Waals surface area contributed by atoms with Crippen LogP contribution in [0.2, 0.25) is 5.02 Å². The third-order valence-corrected chi connectivity index (χ3v) is 5.47. The summed E-state index contributed by atoms with van der Waals surface area (Å²) in [6.45, 7) is 1.86. The highest BCUT2D eigenvalue weighted by Crippen LogP contribution is 2.44. The van der Waals surface area contributed by atoms with Gasteiger partial charge in [-0.15, -0.1) is 0 Å². The SMILES string of the molecule is COc1ccc(Cl)cc1/C(O)=C1\C(=O)C(=O)N(c2ccccc2C)C1c1cccnc1. The number of carbonyl (C=O) groups is 2. The van der Waals surface area contributed by atoms with E-state index in [0.29, 0.717) is 22.0 Å². The minimum absolute atomic E-state index is 0.0539. The van der Waals surface area contributed by atoms with E-state index >= 15 is 0 Å². The van der Waals surface area contributed by atoms with Crippen LogP contribution in [0.1, 0.15) is 22.7 Å². The standard InChI is InChI=1S/C24H19ClN2O4/c1-14-6-3-4-8-18(14)27-21(15-7-5-11-26-13-15)20(23(29)24(27)30)22(28)17-12-16(25)9-10-19(17)31-2/h3-13,21,28H,1-2H3/b22-20+. The largest absolute Gasteiger partial charge is 0.507 e. The molecular formula is C24H19ClN2O4. The smallest absolute Gasteiger partial charge is 0.300 e. The second kappa shape index (κ2) is 8.24. The number of ketones is 1. The number of aromatic nitrogens is 1. The average molecular weight is 435 g/mol. The summed E-state index contributed by atoms with van der Waals surface area (Å²) in [7, 11) is 1.45. The summed E-state index contributed by atoms with van der Waals surface area (Å²) in [5, 5.41) is 11.6. The topological polar surface area (TPSA) is 79.7 Å². The van der Waals surface area contributed by atoms with Gasteiger partial charge in [-0.2, -0.15) is 0 Å². The minimum atomic E-state index is -0.863. The number of benzene rings is 2. The van der Waals surface area contributed by atoms with Gasteiger partial charge in [0.2, 0.25) is 0 Å². The van der Waals surface area contributed by atoms with Gasteiger partial charge in [-0.3, -0.25) is 19.5 Å². The molecule has 1 aliphatic heterocycles. The molecule has 2 aromatic carbocycles. The molecule has 0 bridgehead atoms. The molecule has 31 heavy (non-hydrogen) atoms. The van der Waals surface area contributed by atoms with Gasteiger partial charge in [-0.25, -0.2) is 0 Å². The van der Waals surface area contributed by atoms with Gasteiger partial charge in [-0.05, 0) is 48.4 Å². The molecule has 156 valence electrons. The van der Waals surface area contributed by atoms with Crippen molar-refractivity contribution < 1.29 is 19.4 Å². The molecule has 1 saturated heterocycles. The quantitative estimate of drug-likeness (QED) is 0.366. The van der Waals surface area contributed by atoms with Crippen LogP contribution in [-0.4, -0.2) is 28.9 Å². The van der Waals surface area contributed by atoms with Crippen LogP contribution < -0.4 is 9.64 Å². The molecule has 1 unspecified atom stereocenters. The second-order valence-corrected chi connectivity index (χ2v) is 7.52. The summed E-state index contributed by atoms with van der Waals surface area (Å²) in [4.78, 5) is 31.9. The van der Waals surface area contributed by atoms with Gasteiger partial charge < -0.3 is 9.84 Å². The van der Waals surface area contributed by atoms with E-state index in [1.54, 1.807) is 48.8 Å². The zero-order chi connectivity index (χ0) is 22.1. The first-order valence-corrected chi connectivity index (χ1v) is 9.92. The van der Waals surface area contributed by atoms with Crippen molar-refractivity contribution >= 4 is 34.7 Å². The molecule has 6 nitrogen and oxygen atoms in total. The first-order valence-electron chi connectivity index (χ1n) is 9.54. The molecule has 0 radical (unpaired) electrons. The summed E-state index contributed by atoms with van der Waals surface area (Å²) in [5.41, 5.74) is 2.16. The van der Waals surface area contributed by atoms with Gasteiger partial charge in [0.15, 0.2) is 0 Å². The highest BCUT2D eigenvalue weighted by molar-refractivity contribution is 6.51. The molecule has 1 fully saturated rings. The number of methoxy groups -OCH3 is 1. The molecule has 0 saturated carbocycles. The number of halogens is 1. The lowest BCUT2D eigenvalue weighted by atomic mass is 9.95. The molecule has 1 aliphatic rings. The van der Waals surface area contributed by atoms with Crippen LogP contribution in [0.3, 0.4) is 0 Å². The van der Waals surface area contributed by atoms with Crippen molar-refractivity contribution in [2.75, 3.05) is 12.0 Å². The van der Waals surface area contributed by atoms with Crippen LogP contribution in [0, 0.1) is 6.92 Å². The van der Waals surface area contributed by atoms with E-state index in [4.69, 9.17) is 16.3 Å². The number of nitrogens with zero attached hydrogens (tertiary/aromatic N) is 2. The van der Waals surface area contributed by atoms with Gasteiger partial charge in [0.25, 0.3) is 11.7 Å². The summed E-state index contributed by atoms with van der Waals surface area (Å²) in [6, 6.07) is 14.6. The zero-order valence-corrected chi connectivity index (χ0v) is 17.6. The maximum Gasteiger partial charge on any atom is 0.300 e. The molecule has 0 spiro atoms. The first kappa shape index (κ1) is 20.6. The van der Waals surface area contributed by atoms with Crippen molar-refractivity contribution in [2.24, 2.45) is 0 Å². The molecule has 4 rings (SSSR count). The van der Waals surface area contributed by atoms with Gasteiger partial charge in [0.05, 0.1) is 24.3 Å². The van der Waals surface area contributed by atoms with E-state index in [1.165, 1.54) is 18.1 Å². The van der Waals surface area contributed by atoms with Crippen LogP contribution in [0.15, 0.2) is 72.6 Å². The number of carbonyl (C=O) groups excluding carboxylic acids is 2. The lowest BCUT2D eigenvalue weighted by molar-refractivity contribution is -0.132. The molecular weight excluding hydrogens is 416 g/mol. The van der Waals surface area contributed by atoms with Crippen molar-refractivity contribution in [1.29, 1.82) is 0 Å². The van der Waals surface area contributed by atoms with Crippen molar-refractivity contribution in [2.45, 2.75) is 13.0 Å². The normalized spacial score (nSPS) is 17.8. The molecule has 7 heteroatoms. The van der Waals surface area contributed by atoms with Gasteiger partial charge >= 0.3 is 0 Å². The third-order valence-electron chi connectivity index (χ3n) is 5.24. The maximum atomic E-state index is 13.2. The fraction of sp³-hybridized carbons (Fsp3) is 0.125. The second-order valence-electron chi connectivity index (χ2n) is 7.09. The van der Waals surface area contributed by atoms with Gasteiger partial charge in [-0.1, -0.05) is 35.9 Å². The lowest BCUT2D eigenvalue weighted by Gasteiger charge is -2.26. The van der Waals surface area contributed by atoms with Crippen LogP contribution in [0.4, 0.5) is 5.69 Å². The Labute approximate surface area is 184 Å². The van der Waals surface area contributed by atoms with Gasteiger partial charge in [0.1, 0.15) is 11.5 Å². The van der Waals surface area contributed by atoms with Crippen LogP contribution in [0.5, 0.6) is 5.75 Å². The number of Topliss-reactive ketones (excluding diaryl/α,β-unsaturated/α-hetero) is 1. The number of hydrogen-bond donors (Lipinski definition) is 1. The van der Waals surface area contributed by atoms with E-state index in [-0.39, 0.29) is 16.9 Å². The van der Waals surface area contributed by atoms with Crippen LogP contribution in [0.25, 0.3) is 5.76 Å². The Hall–Kier alpha value is -3.64. The van der Waals surface area contributed by atoms with Crippen LogP contribution in [-0.2, 0) is 9.59 Å². The van der Waals surface area contributed by atoms with Gasteiger partial charge in [0, 0.05) is 23.1 Å². The fourth-order valence-corrected chi connectivity index (χ4v) is 3.95. The average Bonchev–Trinajstić information content (AvgIpc) is 3.05. The minimum Gasteiger partial charge on any atom is -0.507 e. The number of rotatable bonds is 4. The number of anilines is 1. The number of para-hydroxylation sites is 1. The van der Waals surface area contributed by atoms with E-state index in [2.05, 4.69) is 4.98 Å². The van der Waals surface area contributed by atoms with Crippen molar-refractivity contribution in [3.63, 3.8) is 0 Å². The summed E-state index contributed by atoms with van der Waals surface area (Å²) in [6.07, 6.45) is 3.17. The number of aliphatic hydroxyl groups is 1. The van der Waals surface area contributed by atoms with Crippen molar-refractivity contribution in [3.8, 4) is 5.75 Å². The molecule has 0 aliphatic carbocycles. The lowest BCUT2D eigenvalue weighted by Crippen LogP contribution is -2.30. The Morgan fingerprint density at radius 3 is 2.58 bits per heavy atom. The number of aliphatic hydroxyl groups excluding tert-OH is 1. The van der Waals surface area contributed by atoms with E-state index in [1.807, 2.05) is 19.1 Å². The predicted molar refractivity (Wildman–Crippen MR) is 118 cm³/mol. The fourth-order valence-electron chi connectivity index (χ4n) is 3.78. The monoisotopic (exact) mass is 434 g/mol. The Morgan fingerprint density at radius 1 is 1.13 bits per heavy atom. The number of amides is 1. The number of ether oxygens (including phenoxy) is 1. The van der Waals surface area contributed by atoms with E-state index < -0.39 is 17.7 Å². The Kier molecular flexibility index (Phi) is 5.48. The Morgan fingerprint density at radius 2 is 1.90 bits per heavy atom. The van der Waals surface area contributed by atoms with Crippen molar-refractivity contribution in [1.82, 2.24) is 4.98 Å². The molecule has 1 N–H and O–H groups in total. The highest BCUT2D eigenvalue weighted by Gasteiger charge is 2.47. The highest BCUT2D eigenvalue weighted by atomic mass is 35.5. The molecule has 2 heterocycles. The molecule has 3 aromatic rings. The van der Waals surface area contributed by atoms with Crippen LogP contribution >= 0.6 is 11.6 Å². The Bertz CT molecular complexity index is 1210. The molecule has 1 amide bonds.